The Morgan fingerprint density at radius 3 is 2.44 bits per heavy atom. The van der Waals surface area contributed by atoms with Crippen LogP contribution in [0, 0.1) is 13.8 Å². The molecule has 0 aliphatic carbocycles. The Kier molecular flexibility index (Phi) is 9.50. The highest BCUT2D eigenvalue weighted by Crippen LogP contribution is 2.25. The minimum Gasteiger partial charge on any atom is -0.497 e. The number of nitrogens with one attached hydrogen (secondary N) is 1. The second kappa shape index (κ2) is 12.3. The topological polar surface area (TPSA) is 71.1 Å². The summed E-state index contributed by atoms with van der Waals surface area (Å²) in [5.41, 5.74) is 4.57. The standard InChI is InChI=1S/C26H37N3O4S/c1-19-16-24(32-5)17-20(2)26(19)34(31)29(4)14-10-25(30)27-11-15-33-23-7-6-21-8-12-28(3)13-9-22(21)18-23/h6-7,16-18H,8-15H2,1-5H3,(H,27,30). The Hall–Kier alpha value is -2.42. The number of carbonyl (C=O) groups excluding carboxylic acids is 1. The summed E-state index contributed by atoms with van der Waals surface area (Å²) in [5, 5.41) is 2.89. The van der Waals surface area contributed by atoms with Crippen LogP contribution in [0.2, 0.25) is 0 Å². The number of likely N-dealkylation sites (N-methyl/N-ethyl adjacent to an activating group) is 1. The molecule has 1 heterocycles. The summed E-state index contributed by atoms with van der Waals surface area (Å²) < 4.78 is 25.8. The molecule has 1 N–H and O–H groups in total. The highest BCUT2D eigenvalue weighted by atomic mass is 32.2. The number of hydrogen-bond acceptors (Lipinski definition) is 5. The number of aryl methyl sites for hydroxylation is 2. The number of rotatable bonds is 10. The Balaban J connectivity index is 1.41. The molecule has 1 aliphatic heterocycles. The predicted molar refractivity (Wildman–Crippen MR) is 136 cm³/mol. The molecule has 3 rings (SSSR count). The maximum atomic E-state index is 13.0. The minimum absolute atomic E-state index is 0.0828. The third kappa shape index (κ3) is 7.04. The molecule has 0 radical (unpaired) electrons. The van der Waals surface area contributed by atoms with Crippen LogP contribution in [0.3, 0.4) is 0 Å². The van der Waals surface area contributed by atoms with E-state index in [9.17, 15) is 9.00 Å². The molecule has 0 fully saturated rings. The molecule has 1 aliphatic rings. The van der Waals surface area contributed by atoms with E-state index in [4.69, 9.17) is 9.47 Å². The number of nitrogens with zero attached hydrogens (tertiary/aromatic N) is 2. The third-order valence-corrected chi connectivity index (χ3v) is 7.92. The second-order valence-corrected chi connectivity index (χ2v) is 10.4. The average molecular weight is 488 g/mol. The van der Waals surface area contributed by atoms with Gasteiger partial charge in [-0.2, -0.15) is 0 Å². The Morgan fingerprint density at radius 2 is 1.76 bits per heavy atom. The van der Waals surface area contributed by atoms with Crippen molar-refractivity contribution in [2.24, 2.45) is 0 Å². The van der Waals surface area contributed by atoms with Crippen LogP contribution in [0.5, 0.6) is 11.5 Å². The van der Waals surface area contributed by atoms with Crippen molar-refractivity contribution < 1.29 is 18.5 Å². The molecule has 1 unspecified atom stereocenters. The van der Waals surface area contributed by atoms with Gasteiger partial charge in [0.05, 0.1) is 18.6 Å². The fraction of sp³-hybridized carbons (Fsp3) is 0.500. The smallest absolute Gasteiger partial charge is 0.221 e. The van der Waals surface area contributed by atoms with E-state index in [0.717, 1.165) is 53.5 Å². The molecule has 186 valence electrons. The number of amides is 1. The van der Waals surface area contributed by atoms with Gasteiger partial charge in [0.2, 0.25) is 5.91 Å². The van der Waals surface area contributed by atoms with Gasteiger partial charge in [0.15, 0.2) is 0 Å². The van der Waals surface area contributed by atoms with Crippen LogP contribution in [0.15, 0.2) is 35.2 Å². The quantitative estimate of drug-likeness (QED) is 0.522. The van der Waals surface area contributed by atoms with E-state index in [1.54, 1.807) is 18.5 Å². The monoisotopic (exact) mass is 487 g/mol. The van der Waals surface area contributed by atoms with Crippen LogP contribution in [0.4, 0.5) is 0 Å². The largest absolute Gasteiger partial charge is 0.497 e. The summed E-state index contributed by atoms with van der Waals surface area (Å²) in [4.78, 5) is 15.4. The molecule has 1 amide bonds. The summed E-state index contributed by atoms with van der Waals surface area (Å²) in [6, 6.07) is 10.1. The van der Waals surface area contributed by atoms with E-state index in [2.05, 4.69) is 29.4 Å². The van der Waals surface area contributed by atoms with Crippen LogP contribution in [-0.2, 0) is 28.6 Å². The number of carbonyl (C=O) groups is 1. The van der Waals surface area contributed by atoms with Gasteiger partial charge in [-0.3, -0.25) is 4.79 Å². The van der Waals surface area contributed by atoms with Gasteiger partial charge in [0.1, 0.15) is 29.1 Å². The molecular weight excluding hydrogens is 450 g/mol. The number of benzene rings is 2. The van der Waals surface area contributed by atoms with Crippen LogP contribution < -0.4 is 14.8 Å². The van der Waals surface area contributed by atoms with Crippen molar-refractivity contribution in [2.45, 2.75) is 38.0 Å². The fourth-order valence-electron chi connectivity index (χ4n) is 4.15. The number of hydrogen-bond donors (Lipinski definition) is 1. The van der Waals surface area contributed by atoms with E-state index >= 15 is 0 Å². The first-order valence-corrected chi connectivity index (χ1v) is 12.9. The van der Waals surface area contributed by atoms with Gasteiger partial charge in [-0.25, -0.2) is 8.51 Å². The highest BCUT2D eigenvalue weighted by Gasteiger charge is 2.18. The van der Waals surface area contributed by atoms with E-state index in [-0.39, 0.29) is 12.3 Å². The van der Waals surface area contributed by atoms with Crippen molar-refractivity contribution in [1.29, 1.82) is 0 Å². The number of fused-ring (bicyclic) bond motifs is 1. The van der Waals surface area contributed by atoms with Gasteiger partial charge in [-0.15, -0.1) is 0 Å². The predicted octanol–water partition coefficient (Wildman–Crippen LogP) is 2.88. The molecule has 2 aromatic carbocycles. The van der Waals surface area contributed by atoms with Crippen molar-refractivity contribution >= 4 is 16.9 Å². The van der Waals surface area contributed by atoms with Crippen LogP contribution in [0.1, 0.15) is 28.7 Å². The van der Waals surface area contributed by atoms with Crippen LogP contribution in [0.25, 0.3) is 0 Å². The number of methoxy groups -OCH3 is 1. The first kappa shape index (κ1) is 26.2. The summed E-state index contributed by atoms with van der Waals surface area (Å²) in [7, 11) is 4.20. The fourth-order valence-corrected chi connectivity index (χ4v) is 5.39. The van der Waals surface area contributed by atoms with Crippen molar-refractivity contribution in [2.75, 3.05) is 54.0 Å². The molecule has 34 heavy (non-hydrogen) atoms. The van der Waals surface area contributed by atoms with Gasteiger partial charge in [0.25, 0.3) is 0 Å². The third-order valence-electron chi connectivity index (χ3n) is 6.18. The van der Waals surface area contributed by atoms with Gasteiger partial charge in [-0.05, 0) is 80.3 Å². The first-order chi connectivity index (χ1) is 16.3. The zero-order valence-corrected chi connectivity index (χ0v) is 21.8. The molecule has 0 spiro atoms. The Labute approximate surface area is 206 Å². The molecule has 7 nitrogen and oxygen atoms in total. The molecule has 0 saturated heterocycles. The molecular formula is C26H37N3O4S. The zero-order valence-electron chi connectivity index (χ0n) is 21.0. The lowest BCUT2D eigenvalue weighted by molar-refractivity contribution is -0.121. The van der Waals surface area contributed by atoms with Crippen LogP contribution in [-0.4, -0.2) is 73.3 Å². The van der Waals surface area contributed by atoms with Gasteiger partial charge >= 0.3 is 0 Å². The van der Waals surface area contributed by atoms with Gasteiger partial charge in [0, 0.05) is 33.1 Å². The van der Waals surface area contributed by atoms with Crippen molar-refractivity contribution in [1.82, 2.24) is 14.5 Å². The van der Waals surface area contributed by atoms with Crippen molar-refractivity contribution in [3.8, 4) is 11.5 Å². The van der Waals surface area contributed by atoms with Gasteiger partial charge in [-0.1, -0.05) is 6.07 Å². The second-order valence-electron chi connectivity index (χ2n) is 8.87. The van der Waals surface area contributed by atoms with E-state index in [1.165, 1.54) is 11.1 Å². The van der Waals surface area contributed by atoms with E-state index in [0.29, 0.717) is 19.7 Å². The molecule has 2 aromatic rings. The van der Waals surface area contributed by atoms with Crippen LogP contribution >= 0.6 is 0 Å². The highest BCUT2D eigenvalue weighted by molar-refractivity contribution is 7.82. The summed E-state index contributed by atoms with van der Waals surface area (Å²) in [5.74, 6) is 1.51. The minimum atomic E-state index is -1.35. The average Bonchev–Trinajstić information content (AvgIpc) is 3.00. The van der Waals surface area contributed by atoms with Crippen molar-refractivity contribution in [3.05, 3.63) is 52.6 Å². The lowest BCUT2D eigenvalue weighted by Gasteiger charge is -2.19. The maximum Gasteiger partial charge on any atom is 0.221 e. The molecule has 0 aromatic heterocycles. The van der Waals surface area contributed by atoms with Gasteiger partial charge < -0.3 is 19.7 Å². The normalized spacial score (nSPS) is 14.9. The molecule has 1 atom stereocenters. The lowest BCUT2D eigenvalue weighted by Crippen LogP contribution is -2.32. The molecule has 8 heteroatoms. The summed E-state index contributed by atoms with van der Waals surface area (Å²) in [6.45, 7) is 7.23. The zero-order chi connectivity index (χ0) is 24.7. The summed E-state index contributed by atoms with van der Waals surface area (Å²) in [6.07, 6.45) is 2.37. The first-order valence-electron chi connectivity index (χ1n) is 11.8. The summed E-state index contributed by atoms with van der Waals surface area (Å²) >= 11 is 0. The molecule has 0 saturated carbocycles. The number of ether oxygens (including phenoxy) is 2. The Morgan fingerprint density at radius 1 is 1.09 bits per heavy atom. The lowest BCUT2D eigenvalue weighted by atomic mass is 10.0. The molecule has 0 bridgehead atoms. The maximum absolute atomic E-state index is 13.0. The van der Waals surface area contributed by atoms with E-state index in [1.807, 2.05) is 32.0 Å². The Bertz CT molecular complexity index is 1000. The van der Waals surface area contributed by atoms with Crippen molar-refractivity contribution in [3.63, 3.8) is 0 Å². The van der Waals surface area contributed by atoms with E-state index < -0.39 is 11.0 Å². The SMILES string of the molecule is COc1cc(C)c(S(=O)N(C)CCC(=O)NCCOc2ccc3c(c2)CCN(C)CC3)c(C)c1.